The number of carbonyl (C=O) groups excluding carboxylic acids is 2. The van der Waals surface area contributed by atoms with Crippen LogP contribution in [-0.2, 0) is 16.1 Å². The van der Waals surface area contributed by atoms with E-state index in [9.17, 15) is 9.59 Å². The number of nitrogens with one attached hydrogen (secondary N) is 1. The van der Waals surface area contributed by atoms with Gasteiger partial charge in [-0.1, -0.05) is 35.9 Å². The van der Waals surface area contributed by atoms with Gasteiger partial charge in [-0.3, -0.25) is 19.5 Å². The lowest BCUT2D eigenvalue weighted by Crippen LogP contribution is -2.37. The first-order chi connectivity index (χ1) is 15.0. The Kier molecular flexibility index (Phi) is 6.25. The molecule has 31 heavy (non-hydrogen) atoms. The largest absolute Gasteiger partial charge is 0.330 e. The zero-order chi connectivity index (χ0) is 21.8. The topological polar surface area (TPSA) is 65.5 Å². The predicted molar refractivity (Wildman–Crippen MR) is 125 cm³/mol. The number of halogens is 1. The second-order valence-corrected chi connectivity index (χ2v) is 7.82. The smallest absolute Gasteiger partial charge is 0.256 e. The van der Waals surface area contributed by atoms with E-state index in [1.165, 1.54) is 4.90 Å². The molecule has 1 aromatic heterocycles. The van der Waals surface area contributed by atoms with Crippen LogP contribution in [0.2, 0.25) is 5.02 Å². The summed E-state index contributed by atoms with van der Waals surface area (Å²) in [6.07, 6.45) is 1.65. The highest BCUT2D eigenvalue weighted by Crippen LogP contribution is 2.29. The normalized spacial score (nSPS) is 16.0. The van der Waals surface area contributed by atoms with Crippen LogP contribution in [0.3, 0.4) is 0 Å². The average molecular weight is 451 g/mol. The lowest BCUT2D eigenvalue weighted by Gasteiger charge is -2.23. The third kappa shape index (κ3) is 4.73. The molecule has 1 saturated heterocycles. The standard InChI is InChI=1S/C23H19ClN4O2S/c24-16-9-11-19(12-10-16)28-22(30)20(14-21(29)26-17-6-2-1-3-7-17)27(23(28)31)15-18-8-4-5-13-25-18/h1-13,20H,14-15H2,(H,26,29)/t20-/m0/s1. The Hall–Kier alpha value is -3.29. The molecule has 0 spiro atoms. The Morgan fingerprint density at radius 2 is 1.74 bits per heavy atom. The van der Waals surface area contributed by atoms with Crippen molar-refractivity contribution < 1.29 is 9.59 Å². The van der Waals surface area contributed by atoms with Gasteiger partial charge in [-0.2, -0.15) is 0 Å². The second kappa shape index (κ2) is 9.24. The van der Waals surface area contributed by atoms with Crippen molar-refractivity contribution in [1.82, 2.24) is 9.88 Å². The first-order valence-corrected chi connectivity index (χ1v) is 10.5. The predicted octanol–water partition coefficient (Wildman–Crippen LogP) is 4.27. The zero-order valence-corrected chi connectivity index (χ0v) is 18.0. The molecule has 2 amide bonds. The Morgan fingerprint density at radius 1 is 1.03 bits per heavy atom. The first kappa shape index (κ1) is 21.0. The molecule has 3 aromatic rings. The van der Waals surface area contributed by atoms with Crippen molar-refractivity contribution in [3.8, 4) is 0 Å². The van der Waals surface area contributed by atoms with E-state index in [0.717, 1.165) is 5.69 Å². The Bertz CT molecular complexity index is 1090. The minimum atomic E-state index is -0.742. The molecule has 0 saturated carbocycles. The fraction of sp³-hybridized carbons (Fsp3) is 0.130. The molecule has 1 atom stereocenters. The highest BCUT2D eigenvalue weighted by Gasteiger charge is 2.44. The summed E-state index contributed by atoms with van der Waals surface area (Å²) < 4.78 is 0. The number of para-hydroxylation sites is 1. The first-order valence-electron chi connectivity index (χ1n) is 9.68. The number of thiocarbonyl (C=S) groups is 1. The van der Waals surface area contributed by atoms with E-state index in [1.54, 1.807) is 47.5 Å². The van der Waals surface area contributed by atoms with E-state index in [0.29, 0.717) is 28.1 Å². The molecule has 0 bridgehead atoms. The van der Waals surface area contributed by atoms with Crippen molar-refractivity contribution in [1.29, 1.82) is 0 Å². The van der Waals surface area contributed by atoms with Gasteiger partial charge in [-0.15, -0.1) is 0 Å². The number of hydrogen-bond donors (Lipinski definition) is 1. The third-order valence-electron chi connectivity index (χ3n) is 4.90. The summed E-state index contributed by atoms with van der Waals surface area (Å²) in [6, 6.07) is 20.8. The van der Waals surface area contributed by atoms with Gasteiger partial charge >= 0.3 is 0 Å². The number of pyridine rings is 1. The molecule has 156 valence electrons. The minimum Gasteiger partial charge on any atom is -0.330 e. The second-order valence-electron chi connectivity index (χ2n) is 7.02. The maximum Gasteiger partial charge on any atom is 0.256 e. The van der Waals surface area contributed by atoms with E-state index in [1.807, 2.05) is 36.4 Å². The monoisotopic (exact) mass is 450 g/mol. The number of nitrogens with zero attached hydrogens (tertiary/aromatic N) is 3. The summed E-state index contributed by atoms with van der Waals surface area (Å²) in [4.78, 5) is 33.6. The number of anilines is 2. The van der Waals surface area contributed by atoms with Gasteiger partial charge in [0.05, 0.1) is 24.3 Å². The van der Waals surface area contributed by atoms with Crippen LogP contribution in [0.15, 0.2) is 79.0 Å². The number of amides is 2. The van der Waals surface area contributed by atoms with E-state index in [4.69, 9.17) is 23.8 Å². The van der Waals surface area contributed by atoms with Crippen LogP contribution in [-0.4, -0.2) is 32.9 Å². The molecule has 6 nitrogen and oxygen atoms in total. The van der Waals surface area contributed by atoms with E-state index < -0.39 is 6.04 Å². The van der Waals surface area contributed by atoms with Crippen LogP contribution < -0.4 is 10.2 Å². The minimum absolute atomic E-state index is 0.0369. The molecule has 1 fully saturated rings. The van der Waals surface area contributed by atoms with Crippen LogP contribution in [0, 0.1) is 0 Å². The molecular formula is C23H19ClN4O2S. The van der Waals surface area contributed by atoms with Gasteiger partial charge < -0.3 is 10.2 Å². The fourth-order valence-corrected chi connectivity index (χ4v) is 3.93. The zero-order valence-electron chi connectivity index (χ0n) is 16.4. The van der Waals surface area contributed by atoms with Gasteiger partial charge in [0.1, 0.15) is 6.04 Å². The molecule has 1 N–H and O–H groups in total. The summed E-state index contributed by atoms with van der Waals surface area (Å²) in [5, 5.41) is 3.73. The van der Waals surface area contributed by atoms with Gasteiger partial charge in [-0.25, -0.2) is 0 Å². The Morgan fingerprint density at radius 3 is 2.42 bits per heavy atom. The van der Waals surface area contributed by atoms with Crippen molar-refractivity contribution in [2.75, 3.05) is 10.2 Å². The van der Waals surface area contributed by atoms with Crippen LogP contribution >= 0.6 is 23.8 Å². The van der Waals surface area contributed by atoms with Crippen LogP contribution in [0.4, 0.5) is 11.4 Å². The molecular weight excluding hydrogens is 432 g/mol. The summed E-state index contributed by atoms with van der Waals surface area (Å²) in [5.41, 5.74) is 2.03. The molecule has 2 aromatic carbocycles. The highest BCUT2D eigenvalue weighted by atomic mass is 35.5. The Balaban J connectivity index is 1.60. The summed E-state index contributed by atoms with van der Waals surface area (Å²) >= 11 is 11.6. The SMILES string of the molecule is O=C(C[C@H]1C(=O)N(c2ccc(Cl)cc2)C(=S)N1Cc1ccccn1)Nc1ccccc1. The number of benzene rings is 2. The van der Waals surface area contributed by atoms with E-state index in [-0.39, 0.29) is 18.2 Å². The summed E-state index contributed by atoms with van der Waals surface area (Å²) in [7, 11) is 0. The third-order valence-corrected chi connectivity index (χ3v) is 5.57. The van der Waals surface area contributed by atoms with Crippen molar-refractivity contribution in [3.63, 3.8) is 0 Å². The maximum atomic E-state index is 13.4. The lowest BCUT2D eigenvalue weighted by molar-refractivity contribution is -0.124. The summed E-state index contributed by atoms with van der Waals surface area (Å²) in [6.45, 7) is 0.318. The van der Waals surface area contributed by atoms with E-state index >= 15 is 0 Å². The number of hydrogen-bond acceptors (Lipinski definition) is 4. The quantitative estimate of drug-likeness (QED) is 0.568. The van der Waals surface area contributed by atoms with Gasteiger partial charge in [0.15, 0.2) is 5.11 Å². The number of carbonyl (C=O) groups is 2. The molecule has 8 heteroatoms. The molecule has 0 radical (unpaired) electrons. The van der Waals surface area contributed by atoms with Crippen molar-refractivity contribution in [2.45, 2.75) is 19.0 Å². The van der Waals surface area contributed by atoms with Gasteiger partial charge in [-0.05, 0) is 60.7 Å². The molecule has 0 unspecified atom stereocenters. The van der Waals surface area contributed by atoms with Gasteiger partial charge in [0.25, 0.3) is 5.91 Å². The molecule has 1 aliphatic rings. The summed E-state index contributed by atoms with van der Waals surface area (Å²) in [5.74, 6) is -0.525. The Labute approximate surface area is 190 Å². The van der Waals surface area contributed by atoms with Gasteiger partial charge in [0, 0.05) is 16.9 Å². The number of rotatable bonds is 6. The number of aromatic nitrogens is 1. The maximum absolute atomic E-state index is 13.4. The van der Waals surface area contributed by atoms with E-state index in [2.05, 4.69) is 10.3 Å². The average Bonchev–Trinajstić information content (AvgIpc) is 3.00. The van der Waals surface area contributed by atoms with Crippen LogP contribution in [0.5, 0.6) is 0 Å². The van der Waals surface area contributed by atoms with Gasteiger partial charge in [0.2, 0.25) is 5.91 Å². The van der Waals surface area contributed by atoms with Crippen molar-refractivity contribution in [3.05, 3.63) is 89.7 Å². The van der Waals surface area contributed by atoms with Crippen LogP contribution in [0.25, 0.3) is 0 Å². The molecule has 0 aliphatic carbocycles. The lowest BCUT2D eigenvalue weighted by atomic mass is 10.1. The fourth-order valence-electron chi connectivity index (χ4n) is 3.42. The molecule has 2 heterocycles. The molecule has 4 rings (SSSR count). The highest BCUT2D eigenvalue weighted by molar-refractivity contribution is 7.80. The van der Waals surface area contributed by atoms with Crippen LogP contribution in [0.1, 0.15) is 12.1 Å². The van der Waals surface area contributed by atoms with Crippen molar-refractivity contribution >= 4 is 52.1 Å². The van der Waals surface area contributed by atoms with Crippen molar-refractivity contribution in [2.24, 2.45) is 0 Å². The molecule has 1 aliphatic heterocycles.